The zero-order valence-corrected chi connectivity index (χ0v) is 7.03. The van der Waals surface area contributed by atoms with Crippen LogP contribution in [0.25, 0.3) is 0 Å². The molecule has 0 aromatic rings. The third-order valence-corrected chi connectivity index (χ3v) is 0. The summed E-state index contributed by atoms with van der Waals surface area (Å²) in [5.74, 6) is 0. The Kier molecular flexibility index (Phi) is 122. The molecule has 0 radical (unpaired) electrons. The minimum Gasteiger partial charge on any atom is -1.00 e. The van der Waals surface area contributed by atoms with E-state index < -0.39 is 0 Å². The van der Waals surface area contributed by atoms with Gasteiger partial charge in [0.25, 0.3) is 0 Å². The number of rotatable bonds is 0. The van der Waals surface area contributed by atoms with Gasteiger partial charge in [-0.15, -0.1) is 0 Å². The molecule has 0 bridgehead atoms. The fourth-order valence-electron chi connectivity index (χ4n) is 0. The molecular weight excluding hydrogens is 206 g/mol. The van der Waals surface area contributed by atoms with Crippen LogP contribution in [0.4, 0.5) is 4.70 Å². The second-order valence-electron chi connectivity index (χ2n) is 0. The smallest absolute Gasteiger partial charge is 1.00 e. The summed E-state index contributed by atoms with van der Waals surface area (Å²) in [7, 11) is 0. The van der Waals surface area contributed by atoms with E-state index in [4.69, 9.17) is 0 Å². The molecule has 0 aromatic carbocycles. The van der Waals surface area contributed by atoms with Crippen LogP contribution in [-0.2, 0) is 0 Å². The second-order valence-corrected chi connectivity index (χ2v) is 0. The van der Waals surface area contributed by atoms with E-state index in [9.17, 15) is 0 Å². The Hall–Kier alpha value is 2.85. The van der Waals surface area contributed by atoms with Crippen LogP contribution in [-0.4, -0.2) is 0 Å². The predicted octanol–water partition coefficient (Wildman–Crippen LogP) is -5.61. The normalized spacial score (nSPS) is 0. The van der Waals surface area contributed by atoms with Crippen LogP contribution in [0.2, 0.25) is 0 Å². The van der Waals surface area contributed by atoms with E-state index in [-0.39, 0.29) is 95.9 Å². The topological polar surface area (TPSA) is 0 Å². The maximum atomic E-state index is 0. The number of halogens is 1. The third kappa shape index (κ3) is 8.85. The van der Waals surface area contributed by atoms with Crippen LogP contribution < -0.4 is 48.4 Å². The maximum Gasteiger partial charge on any atom is 1.00 e. The molecule has 0 nitrogen and oxygen atoms in total. The largest absolute Gasteiger partial charge is 1.00 e. The molecule has 0 fully saturated rings. The van der Waals surface area contributed by atoms with Crippen LogP contribution in [0.5, 0.6) is 0 Å². The van der Waals surface area contributed by atoms with Gasteiger partial charge in [-0.05, 0) is 0 Å². The minimum atomic E-state index is 0. The van der Waals surface area contributed by atoms with Gasteiger partial charge in [0.1, 0.15) is 0 Å². The molecule has 0 spiro atoms. The molecule has 0 heterocycles. The van der Waals surface area contributed by atoms with E-state index >= 15 is 0 Å². The molecule has 0 aliphatic heterocycles. The molecule has 0 rings (SSSR count). The number of hydrogen-bond acceptors (Lipinski definition) is 0. The molecule has 0 aliphatic rings. The summed E-state index contributed by atoms with van der Waals surface area (Å²) in [5, 5.41) is 0. The van der Waals surface area contributed by atoms with Crippen molar-refractivity contribution >= 4 is 0 Å². The van der Waals surface area contributed by atoms with Crippen LogP contribution in [0.3, 0.4) is 0 Å². The molecule has 20 valence electrons. The molecule has 0 unspecified atom stereocenters. The van der Waals surface area contributed by atoms with Gasteiger partial charge in [-0.1, -0.05) is 0 Å². The monoisotopic (exact) mass is 210 g/mol. The van der Waals surface area contributed by atoms with Crippen LogP contribution in [0.15, 0.2) is 0 Å². The summed E-state index contributed by atoms with van der Waals surface area (Å²) >= 11 is 0. The SMILES string of the molecule is F.[Gd].[H-].[H-].[Li+].[Na+]. The van der Waals surface area contributed by atoms with Crippen molar-refractivity contribution in [2.75, 3.05) is 0 Å². The van der Waals surface area contributed by atoms with Crippen molar-refractivity contribution < 1.29 is 95.9 Å². The van der Waals surface area contributed by atoms with E-state index in [0.29, 0.717) is 0 Å². The van der Waals surface area contributed by atoms with E-state index in [1.807, 2.05) is 0 Å². The Bertz CT molecular complexity index is 13.5. The van der Waals surface area contributed by atoms with Crippen molar-refractivity contribution in [2.24, 2.45) is 0 Å². The first-order valence-electron chi connectivity index (χ1n) is 0. The van der Waals surface area contributed by atoms with Gasteiger partial charge in [0, 0.05) is 39.9 Å². The Morgan fingerprint density at radius 1 is 1.25 bits per heavy atom. The molecule has 0 saturated heterocycles. The molecule has 0 aromatic heterocycles. The van der Waals surface area contributed by atoms with Crippen molar-refractivity contribution in [3.8, 4) is 0 Å². The van der Waals surface area contributed by atoms with Gasteiger partial charge in [0.05, 0.1) is 0 Å². The van der Waals surface area contributed by atoms with Crippen molar-refractivity contribution in [3.05, 3.63) is 0 Å². The Morgan fingerprint density at radius 3 is 1.25 bits per heavy atom. The summed E-state index contributed by atoms with van der Waals surface area (Å²) < 4.78 is 0. The van der Waals surface area contributed by atoms with Crippen molar-refractivity contribution in [2.45, 2.75) is 0 Å². The Labute approximate surface area is 94.0 Å². The molecule has 4 heteroatoms. The van der Waals surface area contributed by atoms with Crippen LogP contribution in [0, 0.1) is 39.9 Å². The summed E-state index contributed by atoms with van der Waals surface area (Å²) in [6.45, 7) is 0. The summed E-state index contributed by atoms with van der Waals surface area (Å²) in [4.78, 5) is 0. The molecule has 0 atom stereocenters. The van der Waals surface area contributed by atoms with E-state index in [1.165, 1.54) is 0 Å². The van der Waals surface area contributed by atoms with Crippen molar-refractivity contribution in [1.29, 1.82) is 0 Å². The summed E-state index contributed by atoms with van der Waals surface area (Å²) in [6, 6.07) is 0. The Morgan fingerprint density at radius 2 is 1.25 bits per heavy atom. The van der Waals surface area contributed by atoms with E-state index in [2.05, 4.69) is 0 Å². The van der Waals surface area contributed by atoms with Crippen molar-refractivity contribution in [1.82, 2.24) is 0 Å². The molecule has 0 aliphatic carbocycles. The summed E-state index contributed by atoms with van der Waals surface area (Å²) in [6.07, 6.45) is 0. The average Bonchev–Trinajstić information content (AvgIpc) is 0. The van der Waals surface area contributed by atoms with Gasteiger partial charge >= 0.3 is 48.4 Å². The van der Waals surface area contributed by atoms with Crippen molar-refractivity contribution in [3.63, 3.8) is 0 Å². The fourth-order valence-corrected chi connectivity index (χ4v) is 0. The van der Waals surface area contributed by atoms with Gasteiger partial charge in [-0.3, -0.25) is 4.70 Å². The van der Waals surface area contributed by atoms with Crippen LogP contribution >= 0.6 is 0 Å². The minimum absolute atomic E-state index is 0. The summed E-state index contributed by atoms with van der Waals surface area (Å²) in [5.41, 5.74) is 0. The van der Waals surface area contributed by atoms with Gasteiger partial charge in [-0.2, -0.15) is 0 Å². The quantitative estimate of drug-likeness (QED) is 0.349. The van der Waals surface area contributed by atoms with Gasteiger partial charge in [0.15, 0.2) is 0 Å². The van der Waals surface area contributed by atoms with E-state index in [0.717, 1.165) is 0 Å². The fraction of sp³-hybridized carbons (Fsp3) is 0. The standard InChI is InChI=1S/FH.Gd.Li.Na.2H/h1H;;;;;/q;;2*+1;2*-1. The van der Waals surface area contributed by atoms with Crippen LogP contribution in [0.1, 0.15) is 2.85 Å². The van der Waals surface area contributed by atoms with Gasteiger partial charge in [0.2, 0.25) is 0 Å². The zero-order chi connectivity index (χ0) is 0. The molecule has 4 heavy (non-hydrogen) atoms. The van der Waals surface area contributed by atoms with Gasteiger partial charge < -0.3 is 2.85 Å². The third-order valence-electron chi connectivity index (χ3n) is 0. The molecule has 0 saturated carbocycles. The number of hydrogen-bond donors (Lipinski definition) is 0. The predicted molar refractivity (Wildman–Crippen MR) is 4.73 cm³/mol. The Balaban J connectivity index is 0. The maximum absolute atomic E-state index is 0. The molecule has 0 N–H and O–H groups in total. The zero-order valence-electron chi connectivity index (χ0n) is 4.76. The molecular formula is H3FGdLiNa. The first kappa shape index (κ1) is 28.8. The first-order valence-corrected chi connectivity index (χ1v) is 0. The molecule has 0 amide bonds. The average molecular weight is 209 g/mol. The van der Waals surface area contributed by atoms with Gasteiger partial charge in [-0.25, -0.2) is 0 Å². The van der Waals surface area contributed by atoms with E-state index in [1.54, 1.807) is 0 Å². The first-order chi connectivity index (χ1) is 0. The second kappa shape index (κ2) is 16.9.